The van der Waals surface area contributed by atoms with E-state index >= 15 is 0 Å². The number of aromatic hydroxyl groups is 2. The van der Waals surface area contributed by atoms with Crippen molar-refractivity contribution in [2.45, 2.75) is 29.2 Å². The van der Waals surface area contributed by atoms with Crippen LogP contribution in [-0.4, -0.2) is 116 Å². The summed E-state index contributed by atoms with van der Waals surface area (Å²) < 4.78 is 11.5. The van der Waals surface area contributed by atoms with Gasteiger partial charge in [0.25, 0.3) is 11.8 Å². The van der Waals surface area contributed by atoms with Gasteiger partial charge in [-0.25, -0.2) is 14.3 Å². The Bertz CT molecular complexity index is 2310. The lowest BCUT2D eigenvalue weighted by atomic mass is 10.0. The van der Waals surface area contributed by atoms with Gasteiger partial charge in [0, 0.05) is 17.6 Å². The van der Waals surface area contributed by atoms with Gasteiger partial charge in [0.1, 0.15) is 52.9 Å². The monoisotopic (exact) mass is 783 g/mol. The number of carbonyl (C=O) groups is 6. The molecule has 21 nitrogen and oxygen atoms in total. The number of aromatic nitrogens is 4. The highest BCUT2D eigenvalue weighted by Gasteiger charge is 2.54. The predicted octanol–water partition coefficient (Wildman–Crippen LogP) is -0.259. The Labute approximate surface area is 308 Å². The first-order chi connectivity index (χ1) is 25.7. The molecule has 1 unspecified atom stereocenters. The van der Waals surface area contributed by atoms with Gasteiger partial charge < -0.3 is 45.3 Å². The summed E-state index contributed by atoms with van der Waals surface area (Å²) in [4.78, 5) is 89.4. The zero-order valence-corrected chi connectivity index (χ0v) is 28.7. The maximum absolute atomic E-state index is 13.9. The molecule has 6 rings (SSSR count). The van der Waals surface area contributed by atoms with Crippen LogP contribution in [0.15, 0.2) is 68.3 Å². The van der Waals surface area contributed by atoms with Crippen LogP contribution in [0.1, 0.15) is 22.0 Å². The molecule has 7 N–H and O–H groups in total. The van der Waals surface area contributed by atoms with Crippen molar-refractivity contribution in [2.24, 2.45) is 0 Å². The number of tetrazole rings is 1. The summed E-state index contributed by atoms with van der Waals surface area (Å²) in [6.45, 7) is -1.19. The Morgan fingerprint density at radius 2 is 1.76 bits per heavy atom. The van der Waals surface area contributed by atoms with E-state index < -0.39 is 88.7 Å². The normalized spacial score (nSPS) is 17.0. The van der Waals surface area contributed by atoms with Crippen molar-refractivity contribution in [1.29, 1.82) is 0 Å². The van der Waals surface area contributed by atoms with Crippen LogP contribution in [0.25, 0.3) is 11.0 Å². The van der Waals surface area contributed by atoms with Crippen LogP contribution in [0, 0.1) is 0 Å². The number of fused-ring (bicyclic) bond motifs is 2. The lowest BCUT2D eigenvalue weighted by Gasteiger charge is -2.49. The Hall–Kier alpha value is -6.62. The smallest absolute Gasteiger partial charge is 0.352 e. The van der Waals surface area contributed by atoms with E-state index in [1.165, 1.54) is 24.3 Å². The molecule has 2 aromatic heterocycles. The first-order valence-corrected chi connectivity index (χ1v) is 17.3. The van der Waals surface area contributed by atoms with Crippen molar-refractivity contribution in [3.63, 3.8) is 0 Å². The summed E-state index contributed by atoms with van der Waals surface area (Å²) in [5, 5.41) is 62.4. The van der Waals surface area contributed by atoms with Gasteiger partial charge in [-0.05, 0) is 39.8 Å². The average molecular weight is 784 g/mol. The zero-order valence-electron chi connectivity index (χ0n) is 27.1. The molecule has 0 radical (unpaired) electrons. The van der Waals surface area contributed by atoms with Gasteiger partial charge in [0.2, 0.25) is 16.5 Å². The minimum absolute atomic E-state index is 0.00796. The second-order valence-corrected chi connectivity index (χ2v) is 13.5. The molecule has 0 spiro atoms. The van der Waals surface area contributed by atoms with Gasteiger partial charge in [0.05, 0.1) is 5.39 Å². The van der Waals surface area contributed by atoms with Crippen molar-refractivity contribution in [2.75, 3.05) is 18.1 Å². The van der Waals surface area contributed by atoms with Crippen molar-refractivity contribution in [3.05, 3.63) is 75.3 Å². The number of amides is 3. The van der Waals surface area contributed by atoms with E-state index in [4.69, 9.17) is 19.4 Å². The van der Waals surface area contributed by atoms with Crippen LogP contribution in [0.3, 0.4) is 0 Å². The largest absolute Gasteiger partial charge is 0.504 e. The molecule has 54 heavy (non-hydrogen) atoms. The second kappa shape index (κ2) is 15.2. The van der Waals surface area contributed by atoms with E-state index in [1.54, 1.807) is 0 Å². The molecular weight excluding hydrogens is 759 g/mol. The van der Waals surface area contributed by atoms with Gasteiger partial charge in [-0.15, -0.1) is 16.9 Å². The third kappa shape index (κ3) is 7.47. The SMILES string of the molecule is O=C(O)COc1ccc(C(NC(=O)c2coc3cc(O)c(O)cc3c2=O)C(=O)N[C@@H]2C(=O)N3C(C(=O)O)=C(CSc4nnnn4CC(=O)O)CS[C@@H]23)cc1. The number of hydrogen-bond donors (Lipinski definition) is 7. The van der Waals surface area contributed by atoms with Crippen LogP contribution in [0.2, 0.25) is 0 Å². The van der Waals surface area contributed by atoms with Crippen LogP contribution >= 0.6 is 23.5 Å². The van der Waals surface area contributed by atoms with Gasteiger partial charge in [-0.3, -0.25) is 28.9 Å². The minimum Gasteiger partial charge on any atom is -0.504 e. The Morgan fingerprint density at radius 1 is 1.04 bits per heavy atom. The lowest BCUT2D eigenvalue weighted by Crippen LogP contribution is -2.71. The topological polar surface area (TPSA) is 314 Å². The molecule has 3 amide bonds. The highest BCUT2D eigenvalue weighted by Crippen LogP contribution is 2.41. The average Bonchev–Trinajstić information content (AvgIpc) is 3.57. The van der Waals surface area contributed by atoms with Crippen molar-refractivity contribution >= 4 is 70.1 Å². The van der Waals surface area contributed by atoms with Crippen LogP contribution in [0.5, 0.6) is 17.2 Å². The third-order valence-corrected chi connectivity index (χ3v) is 10.3. The first-order valence-electron chi connectivity index (χ1n) is 15.3. The van der Waals surface area contributed by atoms with Gasteiger partial charge in [-0.2, -0.15) is 0 Å². The predicted molar refractivity (Wildman–Crippen MR) is 181 cm³/mol. The number of carboxylic acids is 3. The number of phenolic OH excluding ortho intramolecular Hbond substituents is 2. The van der Waals surface area contributed by atoms with Crippen molar-refractivity contribution < 1.29 is 63.5 Å². The van der Waals surface area contributed by atoms with E-state index in [-0.39, 0.29) is 44.6 Å². The van der Waals surface area contributed by atoms with E-state index in [2.05, 4.69) is 26.2 Å². The van der Waals surface area contributed by atoms with Gasteiger partial charge >= 0.3 is 17.9 Å². The van der Waals surface area contributed by atoms with E-state index in [9.17, 15) is 48.9 Å². The highest BCUT2D eigenvalue weighted by atomic mass is 32.2. The lowest BCUT2D eigenvalue weighted by molar-refractivity contribution is -0.151. The number of ether oxygens (including phenoxy) is 1. The number of nitrogens with zero attached hydrogens (tertiary/aromatic N) is 5. The molecule has 0 bridgehead atoms. The fourth-order valence-corrected chi connectivity index (χ4v) is 7.79. The number of aliphatic carboxylic acids is 3. The maximum Gasteiger partial charge on any atom is 0.352 e. The first kappa shape index (κ1) is 37.1. The Morgan fingerprint density at radius 3 is 2.44 bits per heavy atom. The molecule has 0 aliphatic carbocycles. The van der Waals surface area contributed by atoms with Crippen LogP contribution in [-0.2, 0) is 30.5 Å². The van der Waals surface area contributed by atoms with Crippen molar-refractivity contribution in [3.8, 4) is 17.2 Å². The fourth-order valence-electron chi connectivity index (χ4n) is 5.43. The molecule has 0 saturated carbocycles. The molecule has 1 saturated heterocycles. The standard InChI is InChI=1S/C31H25N7O14S2/c39-17-5-15-19(6-18(17)40)52-8-16(25(15)45)26(46)32-22(12-1-3-14(4-2-12)51-9-21(43)44)27(47)33-23-28(48)38-24(30(49)50)13(10-53-29(23)38)11-54-31-34-35-36-37(31)7-20(41)42/h1-6,8,22-23,29,39-40H,7,9-11H2,(H,32,46)(H,33,47)(H,41,42)(H,43,44)(H,49,50)/t22?,23-,29+/m1/s1. The maximum atomic E-state index is 13.9. The number of benzene rings is 2. The number of thioether (sulfide) groups is 2. The summed E-state index contributed by atoms with van der Waals surface area (Å²) in [6, 6.07) is 4.32. The number of hydrogen-bond acceptors (Lipinski definition) is 16. The molecule has 3 atom stereocenters. The quantitative estimate of drug-likeness (QED) is 0.0492. The van der Waals surface area contributed by atoms with Gasteiger partial charge in [0.15, 0.2) is 18.1 Å². The number of phenols is 2. The minimum atomic E-state index is -1.59. The number of nitrogens with one attached hydrogen (secondary N) is 2. The number of β-lactam (4-membered cyclic amide) rings is 1. The van der Waals surface area contributed by atoms with Crippen LogP contribution < -0.4 is 20.8 Å². The molecule has 280 valence electrons. The summed E-state index contributed by atoms with van der Waals surface area (Å²) in [7, 11) is 0. The number of rotatable bonds is 14. The molecule has 2 aromatic carbocycles. The Balaban J connectivity index is 1.23. The zero-order chi connectivity index (χ0) is 38.8. The highest BCUT2D eigenvalue weighted by molar-refractivity contribution is 8.01. The van der Waals surface area contributed by atoms with E-state index in [0.717, 1.165) is 51.5 Å². The van der Waals surface area contributed by atoms with Gasteiger partial charge in [-0.1, -0.05) is 23.9 Å². The van der Waals surface area contributed by atoms with E-state index in [0.29, 0.717) is 5.57 Å². The van der Waals surface area contributed by atoms with Crippen molar-refractivity contribution in [1.82, 2.24) is 35.7 Å². The summed E-state index contributed by atoms with van der Waals surface area (Å²) in [5.41, 5.74) is -1.56. The summed E-state index contributed by atoms with van der Waals surface area (Å²) in [5.74, 6) is -7.73. The van der Waals surface area contributed by atoms with Crippen LogP contribution in [0.4, 0.5) is 0 Å². The molecule has 2 aliphatic heterocycles. The van der Waals surface area contributed by atoms with E-state index in [1.807, 2.05) is 0 Å². The molecule has 1 fully saturated rings. The second-order valence-electron chi connectivity index (χ2n) is 11.4. The third-order valence-electron chi connectivity index (χ3n) is 7.93. The molecule has 4 heterocycles. The molecular formula is C31H25N7O14S2. The fraction of sp³-hybridized carbons (Fsp3) is 0.226. The number of carbonyl (C=O) groups excluding carboxylic acids is 3. The number of carboxylic acid groups (broad SMARTS) is 3. The Kier molecular flexibility index (Phi) is 10.4. The molecule has 4 aromatic rings. The summed E-state index contributed by atoms with van der Waals surface area (Å²) in [6.07, 6.45) is 0.794. The molecule has 23 heteroatoms. The summed E-state index contributed by atoms with van der Waals surface area (Å²) >= 11 is 2.11. The molecule has 2 aliphatic rings.